The number of hydrogen-bond donors (Lipinski definition) is 3. The molecular formula is C19H19N5O. The lowest BCUT2D eigenvalue weighted by molar-refractivity contribution is -0.115. The van der Waals surface area contributed by atoms with E-state index in [-0.39, 0.29) is 18.4 Å². The molecule has 0 saturated carbocycles. The Bertz CT molecular complexity index is 904. The summed E-state index contributed by atoms with van der Waals surface area (Å²) in [6.07, 6.45) is 0. The van der Waals surface area contributed by atoms with Gasteiger partial charge < -0.3 is 16.8 Å². The second-order valence-electron chi connectivity index (χ2n) is 5.53. The minimum absolute atomic E-state index is 0.00522. The zero-order valence-electron chi connectivity index (χ0n) is 13.6. The summed E-state index contributed by atoms with van der Waals surface area (Å²) in [4.78, 5) is 12.4. The predicted octanol–water partition coefficient (Wildman–Crippen LogP) is 2.47. The van der Waals surface area contributed by atoms with Crippen LogP contribution in [-0.2, 0) is 4.79 Å². The van der Waals surface area contributed by atoms with E-state index in [1.54, 1.807) is 0 Å². The highest BCUT2D eigenvalue weighted by atomic mass is 16.2. The molecule has 0 spiro atoms. The summed E-state index contributed by atoms with van der Waals surface area (Å²) in [7, 11) is 0. The maximum atomic E-state index is 12.4. The van der Waals surface area contributed by atoms with Crippen LogP contribution in [0.15, 0.2) is 77.9 Å². The van der Waals surface area contributed by atoms with Gasteiger partial charge in [0.15, 0.2) is 0 Å². The Labute approximate surface area is 145 Å². The third-order valence-electron chi connectivity index (χ3n) is 3.62. The molecule has 0 atom stereocenters. The van der Waals surface area contributed by atoms with Crippen LogP contribution in [0.25, 0.3) is 10.8 Å². The van der Waals surface area contributed by atoms with Gasteiger partial charge in [-0.2, -0.15) is 0 Å². The fourth-order valence-electron chi connectivity index (χ4n) is 2.53. The topological polar surface area (TPSA) is 96.7 Å². The summed E-state index contributed by atoms with van der Waals surface area (Å²) in [5, 5.41) is 10.5. The molecule has 0 heterocycles. The van der Waals surface area contributed by atoms with Gasteiger partial charge in [0.25, 0.3) is 0 Å². The first-order valence-electron chi connectivity index (χ1n) is 7.82. The number of para-hydroxylation sites is 1. The van der Waals surface area contributed by atoms with E-state index in [1.807, 2.05) is 72.8 Å². The van der Waals surface area contributed by atoms with Crippen molar-refractivity contribution in [1.82, 2.24) is 0 Å². The standard InChI is InChI=1S/C19H19N5O/c20-19(21)23-24(17-8-2-1-3-9-17)13-18(25)22-16-11-10-14-6-4-5-7-15(14)12-16/h1-12H,13H2,(H,22,25)(H4,20,21,23). The molecule has 0 aliphatic rings. The van der Waals surface area contributed by atoms with Crippen LogP contribution in [0.3, 0.4) is 0 Å². The molecule has 25 heavy (non-hydrogen) atoms. The molecule has 3 aromatic rings. The number of benzene rings is 3. The summed E-state index contributed by atoms with van der Waals surface area (Å²) >= 11 is 0. The normalized spacial score (nSPS) is 10.2. The highest BCUT2D eigenvalue weighted by molar-refractivity contribution is 5.96. The lowest BCUT2D eigenvalue weighted by atomic mass is 10.1. The fourth-order valence-corrected chi connectivity index (χ4v) is 2.53. The molecule has 5 N–H and O–H groups in total. The second kappa shape index (κ2) is 7.35. The molecule has 6 heteroatoms. The minimum atomic E-state index is -0.218. The third-order valence-corrected chi connectivity index (χ3v) is 3.62. The molecular weight excluding hydrogens is 314 g/mol. The van der Waals surface area contributed by atoms with E-state index < -0.39 is 0 Å². The number of amides is 1. The van der Waals surface area contributed by atoms with Crippen molar-refractivity contribution in [3.63, 3.8) is 0 Å². The van der Waals surface area contributed by atoms with Crippen LogP contribution in [0.4, 0.5) is 11.4 Å². The van der Waals surface area contributed by atoms with E-state index in [0.717, 1.165) is 22.1 Å². The molecule has 126 valence electrons. The monoisotopic (exact) mass is 333 g/mol. The van der Waals surface area contributed by atoms with Crippen LogP contribution in [0, 0.1) is 0 Å². The number of fused-ring (bicyclic) bond motifs is 1. The second-order valence-corrected chi connectivity index (χ2v) is 5.53. The van der Waals surface area contributed by atoms with E-state index in [4.69, 9.17) is 11.5 Å². The van der Waals surface area contributed by atoms with Gasteiger partial charge in [-0.15, -0.1) is 5.10 Å². The number of carbonyl (C=O) groups is 1. The van der Waals surface area contributed by atoms with E-state index in [0.29, 0.717) is 0 Å². The zero-order chi connectivity index (χ0) is 17.6. The number of anilines is 2. The summed E-state index contributed by atoms with van der Waals surface area (Å²) in [5.41, 5.74) is 12.4. The van der Waals surface area contributed by atoms with Crippen LogP contribution in [0.5, 0.6) is 0 Å². The van der Waals surface area contributed by atoms with Crippen LogP contribution < -0.4 is 21.8 Å². The van der Waals surface area contributed by atoms with Crippen molar-refractivity contribution >= 4 is 34.0 Å². The van der Waals surface area contributed by atoms with Crippen LogP contribution in [0.1, 0.15) is 0 Å². The number of hydrazone groups is 1. The van der Waals surface area contributed by atoms with E-state index in [9.17, 15) is 4.79 Å². The maximum absolute atomic E-state index is 12.4. The van der Waals surface area contributed by atoms with Crippen molar-refractivity contribution < 1.29 is 4.79 Å². The number of guanidine groups is 1. The van der Waals surface area contributed by atoms with Crippen molar-refractivity contribution in [3.8, 4) is 0 Å². The highest BCUT2D eigenvalue weighted by Gasteiger charge is 2.11. The molecule has 6 nitrogen and oxygen atoms in total. The van der Waals surface area contributed by atoms with Gasteiger partial charge in [-0.25, -0.2) is 0 Å². The molecule has 0 unspecified atom stereocenters. The van der Waals surface area contributed by atoms with Gasteiger partial charge in [-0.05, 0) is 35.0 Å². The first kappa shape index (κ1) is 16.3. The number of carbonyl (C=O) groups excluding carboxylic acids is 1. The number of rotatable bonds is 5. The van der Waals surface area contributed by atoms with Gasteiger partial charge in [0.05, 0.1) is 5.69 Å². The lowest BCUT2D eigenvalue weighted by Crippen LogP contribution is -2.34. The summed E-state index contributed by atoms with van der Waals surface area (Å²) < 4.78 is 0. The van der Waals surface area contributed by atoms with Gasteiger partial charge in [-0.3, -0.25) is 9.80 Å². The molecule has 0 fully saturated rings. The van der Waals surface area contributed by atoms with Crippen molar-refractivity contribution in [2.45, 2.75) is 0 Å². The first-order valence-corrected chi connectivity index (χ1v) is 7.82. The molecule has 3 rings (SSSR count). The molecule has 0 aliphatic heterocycles. The Morgan fingerprint density at radius 1 is 0.920 bits per heavy atom. The van der Waals surface area contributed by atoms with Gasteiger partial charge in [0.2, 0.25) is 11.9 Å². The first-order chi connectivity index (χ1) is 12.1. The summed E-state index contributed by atoms with van der Waals surface area (Å²) in [6.45, 7) is -0.00522. The number of nitrogens with two attached hydrogens (primary N) is 2. The Morgan fingerprint density at radius 3 is 2.32 bits per heavy atom. The molecule has 0 radical (unpaired) electrons. The number of hydrogen-bond acceptors (Lipinski definition) is 3. The summed E-state index contributed by atoms with van der Waals surface area (Å²) in [5.74, 6) is -0.327. The Morgan fingerprint density at radius 2 is 1.60 bits per heavy atom. The molecule has 3 aromatic carbocycles. The van der Waals surface area contributed by atoms with Gasteiger partial charge >= 0.3 is 0 Å². The average molecular weight is 333 g/mol. The maximum Gasteiger partial charge on any atom is 0.246 e. The highest BCUT2D eigenvalue weighted by Crippen LogP contribution is 2.19. The molecule has 0 aromatic heterocycles. The number of nitrogens with zero attached hydrogens (tertiary/aromatic N) is 2. The largest absolute Gasteiger partial charge is 0.369 e. The van der Waals surface area contributed by atoms with Crippen molar-refractivity contribution in [2.24, 2.45) is 16.6 Å². The molecule has 1 amide bonds. The molecule has 0 saturated heterocycles. The molecule has 0 aliphatic carbocycles. The predicted molar refractivity (Wildman–Crippen MR) is 102 cm³/mol. The fraction of sp³-hybridized carbons (Fsp3) is 0.0526. The summed E-state index contributed by atoms with van der Waals surface area (Å²) in [6, 6.07) is 23.0. The van der Waals surface area contributed by atoms with Crippen molar-refractivity contribution in [3.05, 3.63) is 72.8 Å². The van der Waals surface area contributed by atoms with E-state index in [2.05, 4.69) is 10.4 Å². The Balaban J connectivity index is 1.75. The Kier molecular flexibility index (Phi) is 4.80. The lowest BCUT2D eigenvalue weighted by Gasteiger charge is -2.19. The van der Waals surface area contributed by atoms with Crippen LogP contribution in [0.2, 0.25) is 0 Å². The van der Waals surface area contributed by atoms with Gasteiger partial charge in [0.1, 0.15) is 6.54 Å². The molecule has 0 bridgehead atoms. The van der Waals surface area contributed by atoms with Gasteiger partial charge in [0, 0.05) is 5.69 Å². The average Bonchev–Trinajstić information content (AvgIpc) is 2.61. The zero-order valence-corrected chi connectivity index (χ0v) is 13.6. The van der Waals surface area contributed by atoms with Crippen molar-refractivity contribution in [1.29, 1.82) is 0 Å². The van der Waals surface area contributed by atoms with Crippen molar-refractivity contribution in [2.75, 3.05) is 16.9 Å². The van der Waals surface area contributed by atoms with Crippen LogP contribution >= 0.6 is 0 Å². The van der Waals surface area contributed by atoms with E-state index >= 15 is 0 Å². The van der Waals surface area contributed by atoms with E-state index in [1.165, 1.54) is 5.01 Å². The number of nitrogens with one attached hydrogen (secondary N) is 1. The third kappa shape index (κ3) is 4.26. The Hall–Kier alpha value is -3.54. The SMILES string of the molecule is NC(N)=NN(CC(=O)Nc1ccc2ccccc2c1)c1ccccc1. The van der Waals surface area contributed by atoms with Crippen LogP contribution in [-0.4, -0.2) is 18.4 Å². The smallest absolute Gasteiger partial charge is 0.246 e. The minimum Gasteiger partial charge on any atom is -0.369 e. The van der Waals surface area contributed by atoms with Gasteiger partial charge in [-0.1, -0.05) is 48.5 Å². The quantitative estimate of drug-likeness (QED) is 0.380.